The molecule has 0 aromatic heterocycles. The van der Waals surface area contributed by atoms with Crippen molar-refractivity contribution in [2.24, 2.45) is 5.41 Å². The van der Waals surface area contributed by atoms with Crippen molar-refractivity contribution in [1.29, 1.82) is 0 Å². The Morgan fingerprint density at radius 3 is 2.69 bits per heavy atom. The Kier molecular flexibility index (Phi) is 2.70. The number of anilines is 1. The van der Waals surface area contributed by atoms with E-state index in [2.05, 4.69) is 35.1 Å². The highest BCUT2D eigenvalue weighted by Crippen LogP contribution is 2.47. The van der Waals surface area contributed by atoms with Crippen molar-refractivity contribution >= 4 is 27.6 Å². The average molecular weight is 284 g/mol. The molecule has 1 aliphatic carbocycles. The molecule has 3 nitrogen and oxygen atoms in total. The van der Waals surface area contributed by atoms with Crippen LogP contribution in [0, 0.1) is 5.41 Å². The summed E-state index contributed by atoms with van der Waals surface area (Å²) in [5.74, 6) is -0.909. The maximum Gasteiger partial charge on any atom is 0.338 e. The zero-order valence-electron chi connectivity index (χ0n) is 9.25. The third kappa shape index (κ3) is 2.07. The van der Waals surface area contributed by atoms with Crippen LogP contribution in [0.15, 0.2) is 22.7 Å². The van der Waals surface area contributed by atoms with Crippen LogP contribution in [0.4, 0.5) is 5.69 Å². The van der Waals surface area contributed by atoms with Crippen LogP contribution in [0.2, 0.25) is 0 Å². The van der Waals surface area contributed by atoms with E-state index >= 15 is 0 Å². The van der Waals surface area contributed by atoms with E-state index in [0.717, 1.165) is 6.42 Å². The second-order valence-electron chi connectivity index (χ2n) is 4.86. The quantitative estimate of drug-likeness (QED) is 0.894. The standard InChI is InChI=1S/C12H14BrNO2/c1-12(2)6-9(12)14-8-5-3-4-7(13)10(8)11(15)16/h3-5,9,14H,6H2,1-2H3,(H,15,16). The highest BCUT2D eigenvalue weighted by molar-refractivity contribution is 9.10. The Balaban J connectivity index is 2.27. The van der Waals surface area contributed by atoms with Crippen molar-refractivity contribution in [3.8, 4) is 0 Å². The van der Waals surface area contributed by atoms with Gasteiger partial charge in [0.1, 0.15) is 0 Å². The molecule has 0 bridgehead atoms. The van der Waals surface area contributed by atoms with Gasteiger partial charge in [-0.2, -0.15) is 0 Å². The molecule has 1 aliphatic rings. The smallest absolute Gasteiger partial charge is 0.338 e. The number of carboxylic acid groups (broad SMARTS) is 1. The summed E-state index contributed by atoms with van der Waals surface area (Å²) >= 11 is 3.27. The predicted octanol–water partition coefficient (Wildman–Crippen LogP) is 3.36. The lowest BCUT2D eigenvalue weighted by atomic mass is 10.1. The van der Waals surface area contributed by atoms with Gasteiger partial charge in [-0.25, -0.2) is 4.79 Å². The van der Waals surface area contributed by atoms with Crippen LogP contribution in [0.3, 0.4) is 0 Å². The van der Waals surface area contributed by atoms with Crippen LogP contribution in [-0.2, 0) is 0 Å². The van der Waals surface area contributed by atoms with Crippen molar-refractivity contribution in [3.63, 3.8) is 0 Å². The van der Waals surface area contributed by atoms with Gasteiger partial charge in [-0.3, -0.25) is 0 Å². The van der Waals surface area contributed by atoms with Crippen LogP contribution in [0.25, 0.3) is 0 Å². The fourth-order valence-electron chi connectivity index (χ4n) is 1.76. The van der Waals surface area contributed by atoms with Crippen molar-refractivity contribution < 1.29 is 9.90 Å². The fourth-order valence-corrected chi connectivity index (χ4v) is 2.30. The molecular weight excluding hydrogens is 270 g/mol. The first kappa shape index (κ1) is 11.5. The third-order valence-electron chi connectivity index (χ3n) is 3.07. The van der Waals surface area contributed by atoms with Gasteiger partial charge in [0.25, 0.3) is 0 Å². The summed E-state index contributed by atoms with van der Waals surface area (Å²) in [6.45, 7) is 4.34. The lowest BCUT2D eigenvalue weighted by Gasteiger charge is -2.12. The molecular formula is C12H14BrNO2. The SMILES string of the molecule is CC1(C)CC1Nc1cccc(Br)c1C(=O)O. The second kappa shape index (κ2) is 3.77. The third-order valence-corrected chi connectivity index (χ3v) is 3.73. The van der Waals surface area contributed by atoms with E-state index in [1.807, 2.05) is 12.1 Å². The Bertz CT molecular complexity index is 443. The molecule has 1 atom stereocenters. The molecule has 16 heavy (non-hydrogen) atoms. The molecule has 0 saturated heterocycles. The molecule has 0 amide bonds. The van der Waals surface area contributed by atoms with Gasteiger partial charge in [0.05, 0.1) is 11.3 Å². The summed E-state index contributed by atoms with van der Waals surface area (Å²) in [6.07, 6.45) is 1.08. The molecule has 1 unspecified atom stereocenters. The van der Waals surface area contributed by atoms with Gasteiger partial charge in [0, 0.05) is 10.5 Å². The van der Waals surface area contributed by atoms with Gasteiger partial charge in [-0.05, 0) is 39.9 Å². The summed E-state index contributed by atoms with van der Waals surface area (Å²) in [7, 11) is 0. The Hall–Kier alpha value is -1.03. The number of aromatic carboxylic acids is 1. The molecule has 1 fully saturated rings. The Morgan fingerprint density at radius 1 is 1.56 bits per heavy atom. The number of halogens is 1. The number of carbonyl (C=O) groups is 1. The van der Waals surface area contributed by atoms with Crippen molar-refractivity contribution in [2.45, 2.75) is 26.3 Å². The zero-order valence-corrected chi connectivity index (χ0v) is 10.8. The van der Waals surface area contributed by atoms with Gasteiger partial charge >= 0.3 is 5.97 Å². The predicted molar refractivity (Wildman–Crippen MR) is 66.9 cm³/mol. The zero-order chi connectivity index (χ0) is 11.9. The van der Waals surface area contributed by atoms with Crippen molar-refractivity contribution in [2.75, 3.05) is 5.32 Å². The van der Waals surface area contributed by atoms with Crippen LogP contribution in [0.5, 0.6) is 0 Å². The van der Waals surface area contributed by atoms with E-state index in [-0.39, 0.29) is 5.41 Å². The second-order valence-corrected chi connectivity index (χ2v) is 5.71. The van der Waals surface area contributed by atoms with Gasteiger partial charge in [-0.15, -0.1) is 0 Å². The van der Waals surface area contributed by atoms with Gasteiger partial charge in [0.2, 0.25) is 0 Å². The summed E-state index contributed by atoms with van der Waals surface area (Å²) in [6, 6.07) is 5.77. The van der Waals surface area contributed by atoms with Crippen molar-refractivity contribution in [1.82, 2.24) is 0 Å². The summed E-state index contributed by atoms with van der Waals surface area (Å²) < 4.78 is 0.614. The highest BCUT2D eigenvalue weighted by atomic mass is 79.9. The molecule has 2 N–H and O–H groups in total. The van der Waals surface area contributed by atoms with E-state index in [1.54, 1.807) is 6.07 Å². The van der Waals surface area contributed by atoms with Crippen LogP contribution in [0.1, 0.15) is 30.6 Å². The Morgan fingerprint density at radius 2 is 2.19 bits per heavy atom. The molecule has 86 valence electrons. The lowest BCUT2D eigenvalue weighted by molar-refractivity contribution is 0.0697. The molecule has 1 saturated carbocycles. The van der Waals surface area contributed by atoms with Gasteiger partial charge < -0.3 is 10.4 Å². The molecule has 4 heteroatoms. The molecule has 0 heterocycles. The number of carboxylic acids is 1. The minimum absolute atomic E-state index is 0.276. The van der Waals surface area contributed by atoms with E-state index in [1.165, 1.54) is 0 Å². The summed E-state index contributed by atoms with van der Waals surface area (Å²) in [4.78, 5) is 11.1. The largest absolute Gasteiger partial charge is 0.478 e. The average Bonchev–Trinajstić information content (AvgIpc) is 2.72. The summed E-state index contributed by atoms with van der Waals surface area (Å²) in [5.41, 5.74) is 1.28. The van der Waals surface area contributed by atoms with Gasteiger partial charge in [-0.1, -0.05) is 19.9 Å². The minimum atomic E-state index is -0.909. The van der Waals surface area contributed by atoms with Crippen molar-refractivity contribution in [3.05, 3.63) is 28.2 Å². The molecule has 1 aromatic carbocycles. The van der Waals surface area contributed by atoms with Crippen LogP contribution < -0.4 is 5.32 Å². The number of hydrogen-bond acceptors (Lipinski definition) is 2. The number of benzene rings is 1. The maximum atomic E-state index is 11.1. The molecule has 0 radical (unpaired) electrons. The molecule has 0 aliphatic heterocycles. The van der Waals surface area contributed by atoms with E-state index in [9.17, 15) is 4.79 Å². The minimum Gasteiger partial charge on any atom is -0.478 e. The monoisotopic (exact) mass is 283 g/mol. The first-order chi connectivity index (χ1) is 7.42. The molecule has 2 rings (SSSR count). The first-order valence-electron chi connectivity index (χ1n) is 5.20. The first-order valence-corrected chi connectivity index (χ1v) is 5.99. The topological polar surface area (TPSA) is 49.3 Å². The highest BCUT2D eigenvalue weighted by Gasteiger charge is 2.46. The summed E-state index contributed by atoms with van der Waals surface area (Å²) in [5, 5.41) is 12.4. The fraction of sp³-hybridized carbons (Fsp3) is 0.417. The normalized spacial score (nSPS) is 21.6. The molecule has 1 aromatic rings. The van der Waals surface area contributed by atoms with Crippen LogP contribution in [-0.4, -0.2) is 17.1 Å². The van der Waals surface area contributed by atoms with E-state index in [4.69, 9.17) is 5.11 Å². The van der Waals surface area contributed by atoms with E-state index < -0.39 is 5.97 Å². The van der Waals surface area contributed by atoms with E-state index in [0.29, 0.717) is 21.8 Å². The maximum absolute atomic E-state index is 11.1. The molecule has 0 spiro atoms. The van der Waals surface area contributed by atoms with Gasteiger partial charge in [0.15, 0.2) is 0 Å². The lowest BCUT2D eigenvalue weighted by Crippen LogP contribution is -2.12. The van der Waals surface area contributed by atoms with Crippen LogP contribution >= 0.6 is 15.9 Å². The number of nitrogens with one attached hydrogen (secondary N) is 1. The Labute approximate surface area is 103 Å². The number of rotatable bonds is 3. The number of hydrogen-bond donors (Lipinski definition) is 2.